The monoisotopic (exact) mass is 266 g/mol. The summed E-state index contributed by atoms with van der Waals surface area (Å²) in [6, 6.07) is 3.87. The van der Waals surface area contributed by atoms with Gasteiger partial charge in [-0.15, -0.1) is 0 Å². The Bertz CT molecular complexity index is 471. The molecule has 0 radical (unpaired) electrons. The first-order valence-corrected chi connectivity index (χ1v) is 6.90. The maximum Gasteiger partial charge on any atom is 0.142 e. The first-order valence-electron chi connectivity index (χ1n) is 6.52. The van der Waals surface area contributed by atoms with Gasteiger partial charge in [-0.25, -0.2) is 0 Å². The fourth-order valence-electron chi connectivity index (χ4n) is 3.26. The second-order valence-corrected chi connectivity index (χ2v) is 5.79. The summed E-state index contributed by atoms with van der Waals surface area (Å²) in [5, 5.41) is 4.35. The smallest absolute Gasteiger partial charge is 0.142 e. The highest BCUT2D eigenvalue weighted by Crippen LogP contribution is 2.62. The number of anilines is 1. The average Bonchev–Trinajstić information content (AvgIpc) is 3.14. The minimum atomic E-state index is 0.391. The van der Waals surface area contributed by atoms with Crippen LogP contribution in [0.5, 0.6) is 5.75 Å². The molecular weight excluding hydrogens is 248 g/mol. The van der Waals surface area contributed by atoms with Gasteiger partial charge >= 0.3 is 0 Å². The van der Waals surface area contributed by atoms with Crippen molar-refractivity contribution in [2.75, 3.05) is 25.5 Å². The van der Waals surface area contributed by atoms with E-state index in [0.717, 1.165) is 29.4 Å². The summed E-state index contributed by atoms with van der Waals surface area (Å²) in [5.74, 6) is 1.35. The normalized spacial score (nSPS) is 23.4. The zero-order valence-electron chi connectivity index (χ0n) is 10.6. The molecule has 1 aromatic carbocycles. The van der Waals surface area contributed by atoms with Gasteiger partial charge in [-0.2, -0.15) is 0 Å². The predicted octanol–water partition coefficient (Wildman–Crippen LogP) is 2.99. The molecule has 1 heterocycles. The molecule has 0 amide bonds. The molecule has 0 saturated heterocycles. The van der Waals surface area contributed by atoms with Crippen LogP contribution in [0.25, 0.3) is 0 Å². The molecular formula is C14H19ClN2O. The molecule has 1 spiro atoms. The molecule has 3 rings (SSSR count). The summed E-state index contributed by atoms with van der Waals surface area (Å²) in [6.45, 7) is 1.72. The number of nitrogens with one attached hydrogen (secondary N) is 1. The van der Waals surface area contributed by atoms with Crippen LogP contribution in [-0.4, -0.2) is 20.2 Å². The van der Waals surface area contributed by atoms with Crippen LogP contribution in [0, 0.1) is 5.41 Å². The third-order valence-electron chi connectivity index (χ3n) is 4.43. The number of halogens is 1. The van der Waals surface area contributed by atoms with Crippen molar-refractivity contribution in [2.45, 2.75) is 25.2 Å². The second-order valence-electron chi connectivity index (χ2n) is 5.38. The first kappa shape index (κ1) is 12.1. The van der Waals surface area contributed by atoms with Gasteiger partial charge in [0.2, 0.25) is 0 Å². The molecule has 1 fully saturated rings. The Labute approximate surface area is 113 Å². The molecule has 2 aliphatic rings. The van der Waals surface area contributed by atoms with Crippen LogP contribution in [0.4, 0.5) is 5.69 Å². The maximum absolute atomic E-state index is 6.42. The molecule has 1 aromatic rings. The van der Waals surface area contributed by atoms with Gasteiger partial charge in [0.1, 0.15) is 5.75 Å². The van der Waals surface area contributed by atoms with E-state index in [-0.39, 0.29) is 0 Å². The molecule has 18 heavy (non-hydrogen) atoms. The van der Waals surface area contributed by atoms with Gasteiger partial charge in [0.15, 0.2) is 0 Å². The van der Waals surface area contributed by atoms with Crippen molar-refractivity contribution in [3.8, 4) is 5.75 Å². The number of hydrogen-bond acceptors (Lipinski definition) is 3. The van der Waals surface area contributed by atoms with Crippen molar-refractivity contribution < 1.29 is 4.74 Å². The highest BCUT2D eigenvalue weighted by molar-refractivity contribution is 6.32. The number of benzene rings is 1. The van der Waals surface area contributed by atoms with Crippen molar-refractivity contribution in [1.29, 1.82) is 0 Å². The highest BCUT2D eigenvalue weighted by atomic mass is 35.5. The summed E-state index contributed by atoms with van der Waals surface area (Å²) in [6.07, 6.45) is 3.55. The second kappa shape index (κ2) is 4.32. The van der Waals surface area contributed by atoms with E-state index in [0.29, 0.717) is 17.9 Å². The van der Waals surface area contributed by atoms with E-state index >= 15 is 0 Å². The van der Waals surface area contributed by atoms with E-state index in [2.05, 4.69) is 5.32 Å². The van der Waals surface area contributed by atoms with Crippen LogP contribution in [0.1, 0.15) is 30.7 Å². The number of rotatable bonds is 3. The van der Waals surface area contributed by atoms with Gasteiger partial charge in [-0.1, -0.05) is 11.6 Å². The van der Waals surface area contributed by atoms with Crippen LogP contribution >= 0.6 is 11.6 Å². The lowest BCUT2D eigenvalue weighted by molar-refractivity contribution is 0.379. The van der Waals surface area contributed by atoms with E-state index in [9.17, 15) is 0 Å². The number of nitrogens with two attached hydrogens (primary N) is 1. The summed E-state index contributed by atoms with van der Waals surface area (Å²) in [7, 11) is 1.70. The van der Waals surface area contributed by atoms with E-state index in [4.69, 9.17) is 22.1 Å². The number of hydrogen-bond donors (Lipinski definition) is 2. The third kappa shape index (κ3) is 1.69. The van der Waals surface area contributed by atoms with Crippen molar-refractivity contribution >= 4 is 17.3 Å². The lowest BCUT2D eigenvalue weighted by atomic mass is 9.77. The summed E-state index contributed by atoms with van der Waals surface area (Å²) < 4.78 is 5.43. The van der Waals surface area contributed by atoms with Gasteiger partial charge < -0.3 is 15.8 Å². The first-order chi connectivity index (χ1) is 8.72. The Balaban J connectivity index is 2.10. The summed E-state index contributed by atoms with van der Waals surface area (Å²) in [5.41, 5.74) is 8.47. The minimum Gasteiger partial charge on any atom is -0.495 e. The van der Waals surface area contributed by atoms with Crippen LogP contribution in [0.2, 0.25) is 5.02 Å². The molecule has 98 valence electrons. The van der Waals surface area contributed by atoms with Crippen LogP contribution < -0.4 is 15.8 Å². The van der Waals surface area contributed by atoms with Gasteiger partial charge in [-0.05, 0) is 49.3 Å². The average molecular weight is 267 g/mol. The zero-order chi connectivity index (χ0) is 12.8. The third-order valence-corrected chi connectivity index (χ3v) is 4.76. The van der Waals surface area contributed by atoms with Gasteiger partial charge in [0.05, 0.1) is 12.8 Å². The van der Waals surface area contributed by atoms with E-state index in [1.807, 2.05) is 12.1 Å². The number of fused-ring (bicyclic) bond motifs is 1. The fraction of sp³-hybridized carbons (Fsp3) is 0.571. The molecule has 1 unspecified atom stereocenters. The molecule has 4 heteroatoms. The largest absolute Gasteiger partial charge is 0.495 e. The molecule has 0 bridgehead atoms. The Morgan fingerprint density at radius 3 is 2.89 bits per heavy atom. The summed E-state index contributed by atoms with van der Waals surface area (Å²) in [4.78, 5) is 0. The summed E-state index contributed by atoms with van der Waals surface area (Å²) >= 11 is 6.42. The maximum atomic E-state index is 6.42. The van der Waals surface area contributed by atoms with Crippen LogP contribution in [0.15, 0.2) is 12.1 Å². The van der Waals surface area contributed by atoms with Gasteiger partial charge in [0.25, 0.3) is 0 Å². The Kier molecular flexibility index (Phi) is 2.91. The Morgan fingerprint density at radius 2 is 2.28 bits per heavy atom. The number of methoxy groups -OCH3 is 1. The predicted molar refractivity (Wildman–Crippen MR) is 74.6 cm³/mol. The van der Waals surface area contributed by atoms with Crippen LogP contribution in [0.3, 0.4) is 0 Å². The molecule has 1 atom stereocenters. The van der Waals surface area contributed by atoms with E-state index in [1.165, 1.54) is 18.4 Å². The molecule has 1 aliphatic carbocycles. The van der Waals surface area contributed by atoms with Gasteiger partial charge in [0, 0.05) is 17.1 Å². The lowest BCUT2D eigenvalue weighted by Gasteiger charge is -2.36. The fourth-order valence-corrected chi connectivity index (χ4v) is 3.55. The Hall–Kier alpha value is -0.930. The quantitative estimate of drug-likeness (QED) is 0.884. The molecule has 3 nitrogen and oxygen atoms in total. The molecule has 1 saturated carbocycles. The van der Waals surface area contributed by atoms with Crippen molar-refractivity contribution in [1.82, 2.24) is 0 Å². The van der Waals surface area contributed by atoms with E-state index < -0.39 is 0 Å². The van der Waals surface area contributed by atoms with Crippen molar-refractivity contribution in [3.05, 3.63) is 22.7 Å². The Morgan fingerprint density at radius 1 is 1.50 bits per heavy atom. The molecule has 1 aliphatic heterocycles. The van der Waals surface area contributed by atoms with E-state index in [1.54, 1.807) is 7.11 Å². The lowest BCUT2D eigenvalue weighted by Crippen LogP contribution is -2.31. The van der Waals surface area contributed by atoms with Crippen LogP contribution in [-0.2, 0) is 0 Å². The zero-order valence-corrected chi connectivity index (χ0v) is 11.4. The van der Waals surface area contributed by atoms with Crippen molar-refractivity contribution in [2.24, 2.45) is 11.1 Å². The minimum absolute atomic E-state index is 0.391. The molecule has 3 N–H and O–H groups in total. The van der Waals surface area contributed by atoms with Crippen molar-refractivity contribution in [3.63, 3.8) is 0 Å². The highest BCUT2D eigenvalue weighted by Gasteiger charge is 2.52. The number of ether oxygens (including phenoxy) is 1. The topological polar surface area (TPSA) is 47.3 Å². The van der Waals surface area contributed by atoms with Gasteiger partial charge in [-0.3, -0.25) is 0 Å². The SMILES string of the molecule is COc1ccc(Cl)c2c1NCC1(CC1)C2CCN. The standard InChI is InChI=1S/C14H19ClN2O/c1-18-11-3-2-10(15)12-9(4-7-16)14(5-6-14)8-17-13(11)12/h2-3,9,17H,4-8,16H2,1H3. The molecule has 0 aromatic heterocycles.